The van der Waals surface area contributed by atoms with Gasteiger partial charge < -0.3 is 5.11 Å². The molecule has 0 spiro atoms. The second-order valence-corrected chi connectivity index (χ2v) is 7.07. The summed E-state index contributed by atoms with van der Waals surface area (Å²) in [6.07, 6.45) is 5.03. The van der Waals surface area contributed by atoms with E-state index in [0.717, 1.165) is 12.0 Å². The summed E-state index contributed by atoms with van der Waals surface area (Å²) in [7, 11) is 0. The standard InChI is InChI=1S/C15H26O/c1-11-8-9-15(16,14(5,6)7)12(10-11)13(2,3)4/h8,10,16H,9H2,1-7H3. The van der Waals surface area contributed by atoms with E-state index in [1.165, 1.54) is 5.57 Å². The Bertz CT molecular complexity index is 333. The van der Waals surface area contributed by atoms with Gasteiger partial charge in [0.05, 0.1) is 5.60 Å². The zero-order valence-electron chi connectivity index (χ0n) is 11.8. The average Bonchev–Trinajstić information content (AvgIpc) is 2.05. The molecule has 1 rings (SSSR count). The normalized spacial score (nSPS) is 27.5. The highest BCUT2D eigenvalue weighted by atomic mass is 16.3. The first kappa shape index (κ1) is 13.5. The van der Waals surface area contributed by atoms with E-state index in [1.807, 2.05) is 0 Å². The van der Waals surface area contributed by atoms with Gasteiger partial charge in [0.1, 0.15) is 0 Å². The minimum atomic E-state index is -0.717. The van der Waals surface area contributed by atoms with Crippen molar-refractivity contribution in [1.82, 2.24) is 0 Å². The molecule has 0 aromatic rings. The van der Waals surface area contributed by atoms with Crippen LogP contribution in [0.5, 0.6) is 0 Å². The van der Waals surface area contributed by atoms with Gasteiger partial charge in [-0.15, -0.1) is 0 Å². The zero-order valence-corrected chi connectivity index (χ0v) is 11.8. The van der Waals surface area contributed by atoms with Crippen LogP contribution in [0.15, 0.2) is 23.3 Å². The third kappa shape index (κ3) is 2.24. The lowest BCUT2D eigenvalue weighted by atomic mass is 9.61. The number of hydrogen-bond donors (Lipinski definition) is 1. The van der Waals surface area contributed by atoms with Crippen LogP contribution in [0.3, 0.4) is 0 Å². The van der Waals surface area contributed by atoms with Gasteiger partial charge in [0.25, 0.3) is 0 Å². The summed E-state index contributed by atoms with van der Waals surface area (Å²) in [5.74, 6) is 0. The Morgan fingerprint density at radius 2 is 1.62 bits per heavy atom. The van der Waals surface area contributed by atoms with Gasteiger partial charge in [0, 0.05) is 0 Å². The minimum Gasteiger partial charge on any atom is -0.385 e. The van der Waals surface area contributed by atoms with Crippen molar-refractivity contribution in [3.63, 3.8) is 0 Å². The van der Waals surface area contributed by atoms with Crippen LogP contribution in [0.25, 0.3) is 0 Å². The Hall–Kier alpha value is -0.560. The SMILES string of the molecule is CC1=CCC(O)(C(C)(C)C)C(C(C)(C)C)=C1. The van der Waals surface area contributed by atoms with Crippen molar-refractivity contribution in [1.29, 1.82) is 0 Å². The highest BCUT2D eigenvalue weighted by Gasteiger charge is 2.46. The van der Waals surface area contributed by atoms with Crippen LogP contribution in [0.4, 0.5) is 0 Å². The monoisotopic (exact) mass is 222 g/mol. The van der Waals surface area contributed by atoms with Gasteiger partial charge >= 0.3 is 0 Å². The topological polar surface area (TPSA) is 20.2 Å². The Labute approximate surface area is 100 Å². The van der Waals surface area contributed by atoms with E-state index in [2.05, 4.69) is 60.6 Å². The van der Waals surface area contributed by atoms with Gasteiger partial charge in [-0.05, 0) is 29.7 Å². The van der Waals surface area contributed by atoms with Crippen molar-refractivity contribution in [2.24, 2.45) is 10.8 Å². The molecule has 0 saturated heterocycles. The van der Waals surface area contributed by atoms with Gasteiger partial charge in [0.2, 0.25) is 0 Å². The predicted octanol–water partition coefficient (Wildman–Crippen LogP) is 4.09. The van der Waals surface area contributed by atoms with Crippen molar-refractivity contribution < 1.29 is 5.11 Å². The van der Waals surface area contributed by atoms with Gasteiger partial charge in [-0.2, -0.15) is 0 Å². The molecule has 92 valence electrons. The van der Waals surface area contributed by atoms with Crippen LogP contribution in [0.2, 0.25) is 0 Å². The molecule has 0 aliphatic heterocycles. The molecule has 0 bridgehead atoms. The van der Waals surface area contributed by atoms with Gasteiger partial charge in [-0.25, -0.2) is 0 Å². The van der Waals surface area contributed by atoms with Crippen molar-refractivity contribution in [2.75, 3.05) is 0 Å². The van der Waals surface area contributed by atoms with E-state index in [9.17, 15) is 5.11 Å². The van der Waals surface area contributed by atoms with Crippen LogP contribution in [0.1, 0.15) is 54.9 Å². The van der Waals surface area contributed by atoms with Crippen molar-refractivity contribution >= 4 is 0 Å². The summed E-state index contributed by atoms with van der Waals surface area (Å²) in [4.78, 5) is 0. The second kappa shape index (κ2) is 3.73. The first-order chi connectivity index (χ1) is 6.98. The summed E-state index contributed by atoms with van der Waals surface area (Å²) < 4.78 is 0. The quantitative estimate of drug-likeness (QED) is 0.654. The molecule has 0 heterocycles. The number of allylic oxidation sites excluding steroid dienone is 2. The summed E-state index contributed by atoms with van der Waals surface area (Å²) in [5.41, 5.74) is 1.58. The Kier molecular flexibility index (Phi) is 3.15. The van der Waals surface area contributed by atoms with E-state index >= 15 is 0 Å². The highest BCUT2D eigenvalue weighted by molar-refractivity contribution is 5.38. The molecule has 16 heavy (non-hydrogen) atoms. The van der Waals surface area contributed by atoms with E-state index in [4.69, 9.17) is 0 Å². The molecule has 1 aliphatic rings. The predicted molar refractivity (Wildman–Crippen MR) is 70.3 cm³/mol. The molecule has 1 aliphatic carbocycles. The maximum Gasteiger partial charge on any atom is 0.0947 e. The molecule has 1 atom stereocenters. The second-order valence-electron chi connectivity index (χ2n) is 7.07. The molecule has 0 radical (unpaired) electrons. The summed E-state index contributed by atoms with van der Waals surface area (Å²) in [6, 6.07) is 0. The Balaban J connectivity index is 3.30. The van der Waals surface area contributed by atoms with E-state index in [0.29, 0.717) is 0 Å². The summed E-state index contributed by atoms with van der Waals surface area (Å²) >= 11 is 0. The fraction of sp³-hybridized carbons (Fsp3) is 0.733. The molecular formula is C15H26O. The fourth-order valence-corrected chi connectivity index (χ4v) is 2.37. The van der Waals surface area contributed by atoms with Gasteiger partial charge in [-0.3, -0.25) is 0 Å². The average molecular weight is 222 g/mol. The smallest absolute Gasteiger partial charge is 0.0947 e. The van der Waals surface area contributed by atoms with Crippen LogP contribution in [0, 0.1) is 10.8 Å². The first-order valence-corrected chi connectivity index (χ1v) is 6.10. The molecule has 0 saturated carbocycles. The van der Waals surface area contributed by atoms with Crippen LogP contribution in [-0.2, 0) is 0 Å². The Morgan fingerprint density at radius 3 is 2.00 bits per heavy atom. The van der Waals surface area contributed by atoms with Crippen molar-refractivity contribution in [3.05, 3.63) is 23.3 Å². The molecule has 1 unspecified atom stereocenters. The van der Waals surface area contributed by atoms with Crippen LogP contribution in [-0.4, -0.2) is 10.7 Å². The molecule has 0 amide bonds. The number of aliphatic hydroxyl groups is 1. The fourth-order valence-electron chi connectivity index (χ4n) is 2.37. The number of hydrogen-bond acceptors (Lipinski definition) is 1. The lowest BCUT2D eigenvalue weighted by Crippen LogP contribution is -2.48. The van der Waals surface area contributed by atoms with Crippen LogP contribution >= 0.6 is 0 Å². The van der Waals surface area contributed by atoms with E-state index in [-0.39, 0.29) is 10.8 Å². The largest absolute Gasteiger partial charge is 0.385 e. The van der Waals surface area contributed by atoms with Gasteiger partial charge in [0.15, 0.2) is 0 Å². The summed E-state index contributed by atoms with van der Waals surface area (Å²) in [5, 5.41) is 11.0. The lowest BCUT2D eigenvalue weighted by molar-refractivity contribution is -0.0364. The molecule has 1 nitrogen and oxygen atoms in total. The Morgan fingerprint density at radius 1 is 1.12 bits per heavy atom. The number of rotatable bonds is 0. The molecule has 0 aromatic carbocycles. The van der Waals surface area contributed by atoms with Crippen LogP contribution < -0.4 is 0 Å². The van der Waals surface area contributed by atoms with Crippen molar-refractivity contribution in [2.45, 2.75) is 60.5 Å². The summed E-state index contributed by atoms with van der Waals surface area (Å²) in [6.45, 7) is 15.0. The van der Waals surface area contributed by atoms with Crippen molar-refractivity contribution in [3.8, 4) is 0 Å². The highest BCUT2D eigenvalue weighted by Crippen LogP contribution is 2.48. The van der Waals surface area contributed by atoms with Gasteiger partial charge in [-0.1, -0.05) is 59.3 Å². The molecule has 0 fully saturated rings. The molecule has 1 heteroatoms. The zero-order chi connectivity index (χ0) is 12.8. The molecule has 1 N–H and O–H groups in total. The minimum absolute atomic E-state index is 0.0115. The van der Waals surface area contributed by atoms with E-state index in [1.54, 1.807) is 0 Å². The van der Waals surface area contributed by atoms with E-state index < -0.39 is 5.60 Å². The third-order valence-corrected chi connectivity index (χ3v) is 3.59. The maximum atomic E-state index is 11.0. The lowest BCUT2D eigenvalue weighted by Gasteiger charge is -2.48. The molecular weight excluding hydrogens is 196 g/mol. The first-order valence-electron chi connectivity index (χ1n) is 6.10. The molecule has 0 aromatic heterocycles. The maximum absolute atomic E-state index is 11.0. The third-order valence-electron chi connectivity index (χ3n) is 3.59.